The van der Waals surface area contributed by atoms with E-state index in [9.17, 15) is 5.11 Å². The van der Waals surface area contributed by atoms with Crippen LogP contribution in [0.4, 0.5) is 0 Å². The molecular formula is C20H26BrN4O+. The summed E-state index contributed by atoms with van der Waals surface area (Å²) >= 11 is 3.42. The number of aliphatic hydroxyl groups is 1. The van der Waals surface area contributed by atoms with Gasteiger partial charge in [-0.15, -0.1) is 0 Å². The third kappa shape index (κ3) is 4.09. The topological polar surface area (TPSA) is 58.4 Å². The fourth-order valence-electron chi connectivity index (χ4n) is 3.26. The third-order valence-electron chi connectivity index (χ3n) is 4.64. The quantitative estimate of drug-likeness (QED) is 0.540. The molecule has 5 nitrogen and oxygen atoms in total. The zero-order valence-corrected chi connectivity index (χ0v) is 16.8. The Bertz CT molecular complexity index is 927. The van der Waals surface area contributed by atoms with Crippen LogP contribution in [0.5, 0.6) is 0 Å². The summed E-state index contributed by atoms with van der Waals surface area (Å²) in [5.41, 5.74) is 3.34. The van der Waals surface area contributed by atoms with E-state index in [1.807, 2.05) is 51.6 Å². The predicted molar refractivity (Wildman–Crippen MR) is 107 cm³/mol. The second kappa shape index (κ2) is 8.20. The molecule has 6 heteroatoms. The van der Waals surface area contributed by atoms with Gasteiger partial charge in [0, 0.05) is 17.4 Å². The molecular weight excluding hydrogens is 392 g/mol. The average Bonchev–Trinajstić information content (AvgIpc) is 2.88. The van der Waals surface area contributed by atoms with Crippen molar-refractivity contribution in [3.05, 3.63) is 64.2 Å². The molecule has 0 spiro atoms. The van der Waals surface area contributed by atoms with Crippen molar-refractivity contribution < 1.29 is 10.0 Å². The number of aryl methyl sites for hydroxylation is 1. The largest absolute Gasteiger partial charge is 0.387 e. The lowest BCUT2D eigenvalue weighted by Gasteiger charge is -2.13. The van der Waals surface area contributed by atoms with Gasteiger partial charge in [0.05, 0.1) is 44.3 Å². The first-order chi connectivity index (χ1) is 12.5. The molecule has 138 valence electrons. The second-order valence-corrected chi connectivity index (χ2v) is 7.87. The minimum Gasteiger partial charge on any atom is -0.387 e. The van der Waals surface area contributed by atoms with Gasteiger partial charge in [-0.2, -0.15) is 0 Å². The smallest absolute Gasteiger partial charge is 0.203 e. The van der Waals surface area contributed by atoms with E-state index in [0.29, 0.717) is 12.2 Å². The van der Waals surface area contributed by atoms with Crippen LogP contribution < -0.4 is 10.5 Å². The fraction of sp³-hybridized carbons (Fsp3) is 0.350. The molecule has 0 bridgehead atoms. The van der Waals surface area contributed by atoms with Gasteiger partial charge in [-0.25, -0.2) is 0 Å². The van der Waals surface area contributed by atoms with Crippen LogP contribution in [0.2, 0.25) is 0 Å². The number of fused-ring (bicyclic) bond motifs is 1. The van der Waals surface area contributed by atoms with Gasteiger partial charge in [-0.1, -0.05) is 40.2 Å². The molecule has 1 unspecified atom stereocenters. The minimum absolute atomic E-state index is 0.368. The Kier molecular flexibility index (Phi) is 5.96. The number of hydrogen-bond acceptors (Lipinski definition) is 2. The lowest BCUT2D eigenvalue weighted by Crippen LogP contribution is -3.05. The SMILES string of the molecule is C[NH+](C)CCCn1c(=N)n(CC(O)c2ccc(Br)cc2)c2ccccc21. The highest BCUT2D eigenvalue weighted by molar-refractivity contribution is 9.10. The van der Waals surface area contributed by atoms with Crippen LogP contribution in [0.25, 0.3) is 11.0 Å². The summed E-state index contributed by atoms with van der Waals surface area (Å²) in [7, 11) is 4.29. The van der Waals surface area contributed by atoms with E-state index in [2.05, 4.69) is 36.1 Å². The Morgan fingerprint density at radius 2 is 1.65 bits per heavy atom. The summed E-state index contributed by atoms with van der Waals surface area (Å²) in [5.74, 6) is 0. The first-order valence-corrected chi connectivity index (χ1v) is 9.72. The first-order valence-electron chi connectivity index (χ1n) is 8.92. The van der Waals surface area contributed by atoms with Gasteiger partial charge in [-0.05, 0) is 29.8 Å². The Balaban J connectivity index is 1.91. The second-order valence-electron chi connectivity index (χ2n) is 6.95. The Labute approximate surface area is 162 Å². The predicted octanol–water partition coefficient (Wildman–Crippen LogP) is 1.95. The number of hydrogen-bond donors (Lipinski definition) is 3. The maximum atomic E-state index is 10.7. The van der Waals surface area contributed by atoms with Gasteiger partial charge >= 0.3 is 0 Å². The van der Waals surface area contributed by atoms with Crippen molar-refractivity contribution in [1.82, 2.24) is 9.13 Å². The van der Waals surface area contributed by atoms with Crippen molar-refractivity contribution in [3.63, 3.8) is 0 Å². The summed E-state index contributed by atoms with van der Waals surface area (Å²) in [6.45, 7) is 2.24. The van der Waals surface area contributed by atoms with Crippen LogP contribution >= 0.6 is 15.9 Å². The molecule has 1 aromatic heterocycles. The average molecular weight is 418 g/mol. The minimum atomic E-state index is -0.650. The van der Waals surface area contributed by atoms with Gasteiger partial charge in [-0.3, -0.25) is 5.41 Å². The van der Waals surface area contributed by atoms with Gasteiger partial charge in [0.1, 0.15) is 0 Å². The molecule has 26 heavy (non-hydrogen) atoms. The summed E-state index contributed by atoms with van der Waals surface area (Å²) in [4.78, 5) is 1.41. The highest BCUT2D eigenvalue weighted by atomic mass is 79.9. The van der Waals surface area contributed by atoms with Gasteiger partial charge in [0.2, 0.25) is 5.62 Å². The van der Waals surface area contributed by atoms with Crippen molar-refractivity contribution in [3.8, 4) is 0 Å². The number of quaternary nitrogens is 1. The van der Waals surface area contributed by atoms with Gasteiger partial charge in [0.15, 0.2) is 0 Å². The molecule has 0 radical (unpaired) electrons. The highest BCUT2D eigenvalue weighted by Crippen LogP contribution is 2.20. The van der Waals surface area contributed by atoms with Crippen molar-refractivity contribution in [1.29, 1.82) is 5.41 Å². The van der Waals surface area contributed by atoms with E-state index >= 15 is 0 Å². The van der Waals surface area contributed by atoms with E-state index in [1.54, 1.807) is 0 Å². The van der Waals surface area contributed by atoms with Crippen LogP contribution in [-0.2, 0) is 13.1 Å². The summed E-state index contributed by atoms with van der Waals surface area (Å²) in [6.07, 6.45) is 0.366. The molecule has 3 N–H and O–H groups in total. The Morgan fingerprint density at radius 3 is 2.27 bits per heavy atom. The maximum absolute atomic E-state index is 10.7. The van der Waals surface area contributed by atoms with E-state index in [-0.39, 0.29) is 0 Å². The maximum Gasteiger partial charge on any atom is 0.203 e. The molecule has 0 aliphatic rings. The van der Waals surface area contributed by atoms with Gasteiger partial charge < -0.3 is 19.1 Å². The standard InChI is InChI=1S/C20H25BrN4O/c1-23(2)12-5-13-24-17-6-3-4-7-18(17)25(20(24)22)14-19(26)15-8-10-16(21)11-9-15/h3-4,6-11,19,22,26H,5,12-14H2,1-2H3/p+1. The summed E-state index contributed by atoms with van der Waals surface area (Å²) in [5, 5.41) is 19.3. The Hall–Kier alpha value is -1.89. The molecule has 0 saturated carbocycles. The highest BCUT2D eigenvalue weighted by Gasteiger charge is 2.15. The van der Waals surface area contributed by atoms with E-state index in [1.165, 1.54) is 4.90 Å². The van der Waals surface area contributed by atoms with Crippen molar-refractivity contribution >= 4 is 27.0 Å². The normalized spacial score (nSPS) is 12.8. The lowest BCUT2D eigenvalue weighted by atomic mass is 10.1. The number of imidazole rings is 1. The number of halogens is 1. The number of aliphatic hydroxyl groups excluding tert-OH is 1. The van der Waals surface area contributed by atoms with Crippen LogP contribution in [0.15, 0.2) is 53.0 Å². The number of nitrogens with one attached hydrogen (secondary N) is 2. The summed E-state index contributed by atoms with van der Waals surface area (Å²) in [6, 6.07) is 15.8. The lowest BCUT2D eigenvalue weighted by molar-refractivity contribution is -0.858. The fourth-order valence-corrected chi connectivity index (χ4v) is 3.52. The molecule has 0 aliphatic heterocycles. The molecule has 0 amide bonds. The zero-order valence-electron chi connectivity index (χ0n) is 15.2. The molecule has 1 atom stereocenters. The molecule has 0 fully saturated rings. The first kappa shape index (κ1) is 18.9. The third-order valence-corrected chi connectivity index (χ3v) is 5.17. The van der Waals surface area contributed by atoms with Gasteiger partial charge in [0.25, 0.3) is 0 Å². The van der Waals surface area contributed by atoms with Crippen LogP contribution in [0.1, 0.15) is 18.1 Å². The molecule has 3 rings (SSSR count). The van der Waals surface area contributed by atoms with Crippen molar-refractivity contribution in [2.24, 2.45) is 0 Å². The van der Waals surface area contributed by atoms with Crippen LogP contribution in [0, 0.1) is 5.41 Å². The molecule has 0 aliphatic carbocycles. The van der Waals surface area contributed by atoms with E-state index in [4.69, 9.17) is 5.41 Å². The number of rotatable bonds is 7. The molecule has 3 aromatic rings. The van der Waals surface area contributed by atoms with E-state index < -0.39 is 6.10 Å². The van der Waals surface area contributed by atoms with Crippen LogP contribution in [0.3, 0.4) is 0 Å². The number of aromatic nitrogens is 2. The van der Waals surface area contributed by atoms with Crippen molar-refractivity contribution in [2.75, 3.05) is 20.6 Å². The number of nitrogens with zero attached hydrogens (tertiary/aromatic N) is 2. The molecule has 0 saturated heterocycles. The van der Waals surface area contributed by atoms with Crippen LogP contribution in [-0.4, -0.2) is 34.9 Å². The molecule has 1 heterocycles. The number of para-hydroxylation sites is 2. The van der Waals surface area contributed by atoms with E-state index in [0.717, 1.165) is 40.6 Å². The zero-order chi connectivity index (χ0) is 18.7. The Morgan fingerprint density at radius 1 is 1.04 bits per heavy atom. The summed E-state index contributed by atoms with van der Waals surface area (Å²) < 4.78 is 4.94. The molecule has 2 aromatic carbocycles. The monoisotopic (exact) mass is 417 g/mol. The number of benzene rings is 2. The van der Waals surface area contributed by atoms with Crippen molar-refractivity contribution in [2.45, 2.75) is 25.6 Å².